The van der Waals surface area contributed by atoms with Crippen molar-refractivity contribution in [2.24, 2.45) is 0 Å². The maximum absolute atomic E-state index is 11.9. The smallest absolute Gasteiger partial charge is 0.244 e. The normalized spacial score (nSPS) is 11.3. The van der Waals surface area contributed by atoms with Gasteiger partial charge in [-0.3, -0.25) is 9.69 Å². The van der Waals surface area contributed by atoms with Crippen LogP contribution in [-0.4, -0.2) is 23.9 Å². The highest BCUT2D eigenvalue weighted by Gasteiger charge is 2.02. The molecule has 0 unspecified atom stereocenters. The van der Waals surface area contributed by atoms with Gasteiger partial charge in [-0.25, -0.2) is 0 Å². The van der Waals surface area contributed by atoms with Gasteiger partial charge in [0.05, 0.1) is 0 Å². The Hall–Kier alpha value is -1.91. The first-order valence-corrected chi connectivity index (χ1v) is 9.25. The van der Waals surface area contributed by atoms with Crippen LogP contribution in [-0.2, 0) is 17.9 Å². The predicted molar refractivity (Wildman–Crippen MR) is 103 cm³/mol. The predicted octanol–water partition coefficient (Wildman–Crippen LogP) is 4.23. The second-order valence-electron chi connectivity index (χ2n) is 5.78. The number of thiophene rings is 1. The fourth-order valence-corrected chi connectivity index (χ4v) is 3.20. The van der Waals surface area contributed by atoms with E-state index in [1.807, 2.05) is 12.1 Å². The maximum atomic E-state index is 11.9. The Morgan fingerprint density at radius 3 is 2.33 bits per heavy atom. The van der Waals surface area contributed by atoms with Gasteiger partial charge < -0.3 is 5.32 Å². The van der Waals surface area contributed by atoms with Crippen molar-refractivity contribution >= 4 is 23.3 Å². The summed E-state index contributed by atoms with van der Waals surface area (Å²) in [5.41, 5.74) is 2.42. The van der Waals surface area contributed by atoms with Gasteiger partial charge in [0.2, 0.25) is 5.91 Å². The van der Waals surface area contributed by atoms with Crippen LogP contribution in [0.15, 0.2) is 42.5 Å². The van der Waals surface area contributed by atoms with Crippen molar-refractivity contribution in [1.29, 1.82) is 0 Å². The average Bonchev–Trinajstić information content (AvgIpc) is 3.02. The SMILES string of the molecule is CCN(CC)Cc1ccc(CNC(=O)/C=C/c2ccc(C)s2)cc1. The first-order valence-electron chi connectivity index (χ1n) is 8.43. The number of benzene rings is 1. The number of hydrogen-bond donors (Lipinski definition) is 1. The van der Waals surface area contributed by atoms with Gasteiger partial charge in [0.15, 0.2) is 0 Å². The quantitative estimate of drug-likeness (QED) is 0.728. The van der Waals surface area contributed by atoms with E-state index in [9.17, 15) is 4.79 Å². The minimum Gasteiger partial charge on any atom is -0.348 e. The van der Waals surface area contributed by atoms with Crippen LogP contribution >= 0.6 is 11.3 Å². The van der Waals surface area contributed by atoms with Crippen LogP contribution in [0.1, 0.15) is 34.7 Å². The molecule has 1 heterocycles. The van der Waals surface area contributed by atoms with E-state index in [-0.39, 0.29) is 5.91 Å². The molecule has 0 aliphatic rings. The standard InChI is InChI=1S/C20H26N2OS/c1-4-22(5-2)15-18-9-7-17(8-10-18)14-21-20(23)13-12-19-11-6-16(3)24-19/h6-13H,4-5,14-15H2,1-3H3,(H,21,23)/b13-12+. The molecule has 2 aromatic rings. The molecule has 2 rings (SSSR count). The van der Waals surface area contributed by atoms with Crippen molar-refractivity contribution in [1.82, 2.24) is 10.2 Å². The average molecular weight is 343 g/mol. The molecule has 0 atom stereocenters. The van der Waals surface area contributed by atoms with Gasteiger partial charge in [-0.2, -0.15) is 0 Å². The van der Waals surface area contributed by atoms with Gasteiger partial charge in [0.25, 0.3) is 0 Å². The Morgan fingerprint density at radius 1 is 1.08 bits per heavy atom. The molecule has 3 nitrogen and oxygen atoms in total. The molecule has 4 heteroatoms. The number of rotatable bonds is 8. The Kier molecular flexibility index (Phi) is 7.22. The van der Waals surface area contributed by atoms with Crippen molar-refractivity contribution in [2.75, 3.05) is 13.1 Å². The van der Waals surface area contributed by atoms with Crippen molar-refractivity contribution in [3.8, 4) is 0 Å². The minimum absolute atomic E-state index is 0.0618. The van der Waals surface area contributed by atoms with Crippen molar-refractivity contribution < 1.29 is 4.79 Å². The number of hydrogen-bond acceptors (Lipinski definition) is 3. The van der Waals surface area contributed by atoms with E-state index in [0.717, 1.165) is 30.1 Å². The first-order chi connectivity index (χ1) is 11.6. The van der Waals surface area contributed by atoms with Gasteiger partial charge in [-0.05, 0) is 49.3 Å². The van der Waals surface area contributed by atoms with Gasteiger partial charge in [-0.15, -0.1) is 11.3 Å². The van der Waals surface area contributed by atoms with Crippen molar-refractivity contribution in [2.45, 2.75) is 33.9 Å². The van der Waals surface area contributed by atoms with Crippen LogP contribution in [0.25, 0.3) is 6.08 Å². The maximum Gasteiger partial charge on any atom is 0.244 e. The van der Waals surface area contributed by atoms with Gasteiger partial charge in [-0.1, -0.05) is 38.1 Å². The number of aryl methyl sites for hydroxylation is 1. The highest BCUT2D eigenvalue weighted by molar-refractivity contribution is 7.12. The Balaban J connectivity index is 1.81. The lowest BCUT2D eigenvalue weighted by molar-refractivity contribution is -0.116. The zero-order valence-electron chi connectivity index (χ0n) is 14.7. The molecular weight excluding hydrogens is 316 g/mol. The highest BCUT2D eigenvalue weighted by atomic mass is 32.1. The Bertz CT molecular complexity index is 669. The molecule has 0 fully saturated rings. The number of nitrogens with zero attached hydrogens (tertiary/aromatic N) is 1. The third-order valence-electron chi connectivity index (χ3n) is 3.95. The molecule has 128 valence electrons. The van der Waals surface area contributed by atoms with Crippen LogP contribution in [0.2, 0.25) is 0 Å². The molecule has 1 aromatic carbocycles. The number of nitrogens with one attached hydrogen (secondary N) is 1. The molecule has 0 radical (unpaired) electrons. The van der Waals surface area contributed by atoms with Crippen molar-refractivity contribution in [3.05, 3.63) is 63.4 Å². The Labute approximate surface area is 149 Å². The van der Waals surface area contributed by atoms with E-state index in [1.54, 1.807) is 17.4 Å². The topological polar surface area (TPSA) is 32.3 Å². The monoisotopic (exact) mass is 342 g/mol. The van der Waals surface area contributed by atoms with Crippen LogP contribution in [0.3, 0.4) is 0 Å². The molecule has 0 aliphatic carbocycles. The minimum atomic E-state index is -0.0618. The van der Waals surface area contributed by atoms with E-state index in [4.69, 9.17) is 0 Å². The fourth-order valence-electron chi connectivity index (χ4n) is 2.42. The number of amides is 1. The van der Waals surface area contributed by atoms with E-state index in [1.165, 1.54) is 10.4 Å². The lowest BCUT2D eigenvalue weighted by Crippen LogP contribution is -2.22. The molecule has 0 aliphatic heterocycles. The molecule has 0 bridgehead atoms. The summed E-state index contributed by atoms with van der Waals surface area (Å²) in [6.07, 6.45) is 3.46. The summed E-state index contributed by atoms with van der Waals surface area (Å²) in [6, 6.07) is 12.5. The molecule has 0 saturated heterocycles. The largest absolute Gasteiger partial charge is 0.348 e. The third-order valence-corrected chi connectivity index (χ3v) is 4.92. The Morgan fingerprint density at radius 2 is 1.75 bits per heavy atom. The second-order valence-corrected chi connectivity index (χ2v) is 7.10. The van der Waals surface area contributed by atoms with Gasteiger partial charge >= 0.3 is 0 Å². The van der Waals surface area contributed by atoms with E-state index >= 15 is 0 Å². The summed E-state index contributed by atoms with van der Waals surface area (Å²) < 4.78 is 0. The molecule has 1 aromatic heterocycles. The zero-order valence-corrected chi connectivity index (χ0v) is 15.5. The molecule has 1 amide bonds. The second kappa shape index (κ2) is 9.40. The molecule has 0 saturated carbocycles. The number of carbonyl (C=O) groups excluding carboxylic acids is 1. The summed E-state index contributed by atoms with van der Waals surface area (Å²) in [5.74, 6) is -0.0618. The number of carbonyl (C=O) groups is 1. The lowest BCUT2D eigenvalue weighted by atomic mass is 10.1. The summed E-state index contributed by atoms with van der Waals surface area (Å²) in [4.78, 5) is 16.6. The van der Waals surface area contributed by atoms with Crippen LogP contribution in [0, 0.1) is 6.92 Å². The fraction of sp³-hybridized carbons (Fsp3) is 0.350. The molecule has 1 N–H and O–H groups in total. The molecule has 24 heavy (non-hydrogen) atoms. The third kappa shape index (κ3) is 5.95. The van der Waals surface area contributed by atoms with Crippen LogP contribution < -0.4 is 5.32 Å². The van der Waals surface area contributed by atoms with E-state index in [0.29, 0.717) is 6.54 Å². The van der Waals surface area contributed by atoms with Crippen molar-refractivity contribution in [3.63, 3.8) is 0 Å². The molecular formula is C20H26N2OS. The summed E-state index contributed by atoms with van der Waals surface area (Å²) in [6.45, 7) is 10.1. The summed E-state index contributed by atoms with van der Waals surface area (Å²) in [7, 11) is 0. The summed E-state index contributed by atoms with van der Waals surface area (Å²) in [5, 5.41) is 2.93. The van der Waals surface area contributed by atoms with Crippen LogP contribution in [0.4, 0.5) is 0 Å². The van der Waals surface area contributed by atoms with Gasteiger partial charge in [0.1, 0.15) is 0 Å². The highest BCUT2D eigenvalue weighted by Crippen LogP contribution is 2.16. The van der Waals surface area contributed by atoms with Gasteiger partial charge in [0, 0.05) is 28.9 Å². The van der Waals surface area contributed by atoms with Crippen LogP contribution in [0.5, 0.6) is 0 Å². The summed E-state index contributed by atoms with van der Waals surface area (Å²) >= 11 is 1.68. The van der Waals surface area contributed by atoms with E-state index in [2.05, 4.69) is 61.3 Å². The van der Waals surface area contributed by atoms with E-state index < -0.39 is 0 Å². The molecule has 0 spiro atoms. The zero-order chi connectivity index (χ0) is 17.4. The lowest BCUT2D eigenvalue weighted by Gasteiger charge is -2.18. The first kappa shape index (κ1) is 18.4.